The van der Waals surface area contributed by atoms with Gasteiger partial charge >= 0.3 is 0 Å². The number of ether oxygens (including phenoxy) is 1. The number of halogens is 1. The number of methoxy groups -OCH3 is 1. The van der Waals surface area contributed by atoms with Crippen molar-refractivity contribution in [1.82, 2.24) is 10.0 Å². The molecule has 1 aromatic rings. The van der Waals surface area contributed by atoms with Crippen LogP contribution in [-0.4, -0.2) is 35.2 Å². The van der Waals surface area contributed by atoms with E-state index in [0.29, 0.717) is 11.0 Å². The van der Waals surface area contributed by atoms with Crippen molar-refractivity contribution in [1.29, 1.82) is 0 Å². The maximum Gasteiger partial charge on any atom is 0.241 e. The Bertz CT molecular complexity index is 561. The van der Waals surface area contributed by atoms with Gasteiger partial charge in [-0.15, -0.1) is 0 Å². The summed E-state index contributed by atoms with van der Waals surface area (Å²) >= 11 is 3.35. The molecule has 7 heteroatoms. The molecule has 114 valence electrons. The van der Waals surface area contributed by atoms with Crippen LogP contribution in [-0.2, 0) is 21.3 Å². The van der Waals surface area contributed by atoms with Crippen LogP contribution in [0.5, 0.6) is 0 Å². The molecule has 1 rings (SSSR count). The van der Waals surface area contributed by atoms with Gasteiger partial charge in [0.25, 0.3) is 0 Å². The fraction of sp³-hybridized carbons (Fsp3) is 0.538. The lowest BCUT2D eigenvalue weighted by atomic mass is 10.1. The van der Waals surface area contributed by atoms with Gasteiger partial charge in [-0.25, -0.2) is 13.1 Å². The second-order valence-corrected chi connectivity index (χ2v) is 7.18. The summed E-state index contributed by atoms with van der Waals surface area (Å²) in [6.45, 7) is 4.53. The smallest absolute Gasteiger partial charge is 0.241 e. The number of hydrogen-bond acceptors (Lipinski definition) is 4. The first-order chi connectivity index (χ1) is 9.31. The molecule has 0 radical (unpaired) electrons. The highest BCUT2D eigenvalue weighted by Crippen LogP contribution is 2.27. The van der Waals surface area contributed by atoms with Crippen LogP contribution in [0.4, 0.5) is 0 Å². The number of nitrogens with one attached hydrogen (secondary N) is 2. The van der Waals surface area contributed by atoms with E-state index in [-0.39, 0.29) is 17.5 Å². The third kappa shape index (κ3) is 4.53. The molecule has 0 amide bonds. The fourth-order valence-corrected chi connectivity index (χ4v) is 3.88. The summed E-state index contributed by atoms with van der Waals surface area (Å²) in [5, 5.41) is 3.02. The predicted octanol–water partition coefficient (Wildman–Crippen LogP) is 1.79. The summed E-state index contributed by atoms with van der Waals surface area (Å²) in [5.74, 6) is 0. The molecular formula is C13H21BrN2O3S. The lowest BCUT2D eigenvalue weighted by Gasteiger charge is -2.14. The first-order valence-corrected chi connectivity index (χ1v) is 8.55. The van der Waals surface area contributed by atoms with Crippen LogP contribution in [0.1, 0.15) is 18.1 Å². The Labute approximate surface area is 129 Å². The first-order valence-electron chi connectivity index (χ1n) is 6.28. The van der Waals surface area contributed by atoms with E-state index in [9.17, 15) is 8.42 Å². The fourth-order valence-electron chi connectivity index (χ4n) is 1.70. The van der Waals surface area contributed by atoms with E-state index in [4.69, 9.17) is 4.74 Å². The molecule has 1 atom stereocenters. The van der Waals surface area contributed by atoms with Crippen molar-refractivity contribution in [3.63, 3.8) is 0 Å². The summed E-state index contributed by atoms with van der Waals surface area (Å²) < 4.78 is 32.9. The van der Waals surface area contributed by atoms with E-state index in [1.807, 2.05) is 20.0 Å². The Balaban J connectivity index is 3.10. The Morgan fingerprint density at radius 2 is 2.05 bits per heavy atom. The number of aryl methyl sites for hydroxylation is 1. The number of hydrogen-bond donors (Lipinski definition) is 2. The summed E-state index contributed by atoms with van der Waals surface area (Å²) in [6, 6.07) is 3.63. The molecule has 2 N–H and O–H groups in total. The maximum absolute atomic E-state index is 12.4. The van der Waals surface area contributed by atoms with E-state index in [0.717, 1.165) is 11.1 Å². The lowest BCUT2D eigenvalue weighted by molar-refractivity contribution is 0.122. The molecule has 0 aliphatic rings. The summed E-state index contributed by atoms with van der Waals surface area (Å²) in [4.78, 5) is 0.256. The van der Waals surface area contributed by atoms with Gasteiger partial charge in [-0.3, -0.25) is 0 Å². The summed E-state index contributed by atoms with van der Waals surface area (Å²) in [5.41, 5.74) is 1.81. The lowest BCUT2D eigenvalue weighted by Crippen LogP contribution is -2.32. The van der Waals surface area contributed by atoms with Crippen molar-refractivity contribution in [2.45, 2.75) is 31.4 Å². The quantitative estimate of drug-likeness (QED) is 0.773. The van der Waals surface area contributed by atoms with Gasteiger partial charge in [0.15, 0.2) is 0 Å². The molecule has 1 unspecified atom stereocenters. The molecule has 0 saturated carbocycles. The standard InChI is InChI=1S/C13H21BrN2O3S/c1-9-5-11(8-15-3)6-12(13(9)14)20(17,18)16-7-10(2)19-4/h5-6,10,15-16H,7-8H2,1-4H3. The highest BCUT2D eigenvalue weighted by molar-refractivity contribution is 9.10. The molecule has 0 aliphatic heterocycles. The second-order valence-electron chi connectivity index (χ2n) is 4.65. The third-order valence-corrected chi connectivity index (χ3v) is 5.68. The zero-order valence-electron chi connectivity index (χ0n) is 12.2. The molecule has 0 heterocycles. The van der Waals surface area contributed by atoms with Gasteiger partial charge in [0.05, 0.1) is 11.0 Å². The van der Waals surface area contributed by atoms with Crippen LogP contribution < -0.4 is 10.0 Å². The third-order valence-electron chi connectivity index (χ3n) is 2.91. The average molecular weight is 365 g/mol. The van der Waals surface area contributed by atoms with Crippen molar-refractivity contribution in [3.8, 4) is 0 Å². The maximum atomic E-state index is 12.4. The predicted molar refractivity (Wildman–Crippen MR) is 83.3 cm³/mol. The largest absolute Gasteiger partial charge is 0.380 e. The van der Waals surface area contributed by atoms with Crippen molar-refractivity contribution in [2.75, 3.05) is 20.7 Å². The van der Waals surface area contributed by atoms with Crippen molar-refractivity contribution in [3.05, 3.63) is 27.7 Å². The highest BCUT2D eigenvalue weighted by Gasteiger charge is 2.20. The van der Waals surface area contributed by atoms with E-state index in [2.05, 4.69) is 26.0 Å². The minimum absolute atomic E-state index is 0.176. The monoisotopic (exact) mass is 364 g/mol. The minimum Gasteiger partial charge on any atom is -0.380 e. The van der Waals surface area contributed by atoms with Gasteiger partial charge in [0.1, 0.15) is 0 Å². The van der Waals surface area contributed by atoms with Crippen LogP contribution in [0.2, 0.25) is 0 Å². The number of rotatable bonds is 7. The molecule has 0 spiro atoms. The Hall–Kier alpha value is -0.470. The Morgan fingerprint density at radius 1 is 1.40 bits per heavy atom. The molecule has 0 aromatic heterocycles. The van der Waals surface area contributed by atoms with Crippen molar-refractivity contribution < 1.29 is 13.2 Å². The summed E-state index contributed by atoms with van der Waals surface area (Å²) in [6.07, 6.45) is -0.176. The van der Waals surface area contributed by atoms with Crippen LogP contribution in [0.3, 0.4) is 0 Å². The van der Waals surface area contributed by atoms with E-state index >= 15 is 0 Å². The van der Waals surface area contributed by atoms with E-state index in [1.165, 1.54) is 0 Å². The molecule has 20 heavy (non-hydrogen) atoms. The van der Waals surface area contributed by atoms with Crippen LogP contribution in [0.25, 0.3) is 0 Å². The highest BCUT2D eigenvalue weighted by atomic mass is 79.9. The van der Waals surface area contributed by atoms with Gasteiger partial charge in [-0.2, -0.15) is 0 Å². The average Bonchev–Trinajstić information content (AvgIpc) is 2.40. The zero-order valence-corrected chi connectivity index (χ0v) is 14.6. The van der Waals surface area contributed by atoms with Gasteiger partial charge in [-0.1, -0.05) is 6.07 Å². The molecule has 1 aromatic carbocycles. The molecule has 0 fully saturated rings. The van der Waals surface area contributed by atoms with Crippen LogP contribution in [0.15, 0.2) is 21.5 Å². The Kier molecular flexibility index (Phi) is 6.60. The second kappa shape index (κ2) is 7.51. The molecular weight excluding hydrogens is 344 g/mol. The minimum atomic E-state index is -3.56. The van der Waals surface area contributed by atoms with E-state index < -0.39 is 10.0 Å². The number of sulfonamides is 1. The molecule has 0 bridgehead atoms. The van der Waals surface area contributed by atoms with Gasteiger partial charge < -0.3 is 10.1 Å². The topological polar surface area (TPSA) is 67.4 Å². The molecule has 0 saturated heterocycles. The Morgan fingerprint density at radius 3 is 2.60 bits per heavy atom. The normalized spacial score (nSPS) is 13.4. The zero-order chi connectivity index (χ0) is 15.3. The number of benzene rings is 1. The van der Waals surface area contributed by atoms with Crippen LogP contribution in [0, 0.1) is 6.92 Å². The SMILES string of the molecule is CNCc1cc(C)c(Br)c(S(=O)(=O)NCC(C)OC)c1. The molecule has 5 nitrogen and oxygen atoms in total. The van der Waals surface area contributed by atoms with Gasteiger partial charge in [0, 0.05) is 24.7 Å². The first kappa shape index (κ1) is 17.6. The molecule has 0 aliphatic carbocycles. The summed E-state index contributed by atoms with van der Waals surface area (Å²) in [7, 11) is -0.192. The van der Waals surface area contributed by atoms with Gasteiger partial charge in [0.2, 0.25) is 10.0 Å². The van der Waals surface area contributed by atoms with Gasteiger partial charge in [-0.05, 0) is 54.0 Å². The van der Waals surface area contributed by atoms with Crippen molar-refractivity contribution >= 4 is 26.0 Å². The van der Waals surface area contributed by atoms with E-state index in [1.54, 1.807) is 20.1 Å². The van der Waals surface area contributed by atoms with Crippen molar-refractivity contribution in [2.24, 2.45) is 0 Å². The van der Waals surface area contributed by atoms with Crippen LogP contribution >= 0.6 is 15.9 Å².